The van der Waals surface area contributed by atoms with Crippen LogP contribution in [0.15, 0.2) is 18.2 Å². The van der Waals surface area contributed by atoms with E-state index in [4.69, 9.17) is 32.7 Å². The van der Waals surface area contributed by atoms with Crippen LogP contribution in [0.5, 0.6) is 5.75 Å². The van der Waals surface area contributed by atoms with Crippen LogP contribution >= 0.6 is 23.2 Å². The number of carbonyl (C=O) groups excluding carboxylic acids is 1. The van der Waals surface area contributed by atoms with Gasteiger partial charge < -0.3 is 9.47 Å². The number of ether oxygens (including phenoxy) is 2. The van der Waals surface area contributed by atoms with Crippen molar-refractivity contribution >= 4 is 29.2 Å². The lowest BCUT2D eigenvalue weighted by molar-refractivity contribution is -0.151. The van der Waals surface area contributed by atoms with Gasteiger partial charge >= 0.3 is 5.97 Å². The molecule has 0 fully saturated rings. The Morgan fingerprint density at radius 3 is 2.43 bits per heavy atom. The van der Waals surface area contributed by atoms with Crippen molar-refractivity contribution in [1.29, 1.82) is 0 Å². The molecule has 1 rings (SSSR count). The SMILES string of the molecule is CCCN(CCC)CC(C)OC(=O)COc1ccc(Cl)cc1Cl. The molecule has 0 aliphatic heterocycles. The topological polar surface area (TPSA) is 38.8 Å². The predicted molar refractivity (Wildman–Crippen MR) is 94.5 cm³/mol. The molecule has 0 aliphatic rings. The molecule has 6 heteroatoms. The summed E-state index contributed by atoms with van der Waals surface area (Å²) in [6, 6.07) is 4.86. The summed E-state index contributed by atoms with van der Waals surface area (Å²) in [6.07, 6.45) is 1.99. The van der Waals surface area contributed by atoms with Crippen molar-refractivity contribution in [2.75, 3.05) is 26.2 Å². The summed E-state index contributed by atoms with van der Waals surface area (Å²) >= 11 is 11.8. The van der Waals surface area contributed by atoms with E-state index < -0.39 is 5.97 Å². The fourth-order valence-corrected chi connectivity index (χ4v) is 2.78. The lowest BCUT2D eigenvalue weighted by Gasteiger charge is -2.24. The highest BCUT2D eigenvalue weighted by molar-refractivity contribution is 6.35. The summed E-state index contributed by atoms with van der Waals surface area (Å²) in [4.78, 5) is 14.2. The molecule has 1 aromatic carbocycles. The molecule has 0 amide bonds. The number of carbonyl (C=O) groups is 1. The lowest BCUT2D eigenvalue weighted by atomic mass is 10.3. The van der Waals surface area contributed by atoms with E-state index in [-0.39, 0.29) is 12.7 Å². The molecule has 0 radical (unpaired) electrons. The Labute approximate surface area is 148 Å². The number of hydrogen-bond acceptors (Lipinski definition) is 4. The summed E-state index contributed by atoms with van der Waals surface area (Å²) in [5.74, 6) is 0.00993. The molecule has 0 spiro atoms. The van der Waals surface area contributed by atoms with Crippen LogP contribution in [0.4, 0.5) is 0 Å². The second-order valence-electron chi connectivity index (χ2n) is 5.46. The van der Waals surface area contributed by atoms with Gasteiger partial charge in [0.05, 0.1) is 5.02 Å². The smallest absolute Gasteiger partial charge is 0.344 e. The van der Waals surface area contributed by atoms with Crippen molar-refractivity contribution in [3.05, 3.63) is 28.2 Å². The van der Waals surface area contributed by atoms with E-state index in [1.807, 2.05) is 6.92 Å². The van der Waals surface area contributed by atoms with Crippen molar-refractivity contribution in [2.45, 2.75) is 39.7 Å². The molecule has 1 aromatic rings. The fraction of sp³-hybridized carbons (Fsp3) is 0.588. The Kier molecular flexibility index (Phi) is 9.37. The molecule has 0 heterocycles. The van der Waals surface area contributed by atoms with Crippen LogP contribution in [-0.2, 0) is 9.53 Å². The summed E-state index contributed by atoms with van der Waals surface area (Å²) < 4.78 is 10.8. The third-order valence-corrected chi connectivity index (χ3v) is 3.70. The number of nitrogens with zero attached hydrogens (tertiary/aromatic N) is 1. The van der Waals surface area contributed by atoms with Gasteiger partial charge in [0, 0.05) is 11.6 Å². The van der Waals surface area contributed by atoms with Gasteiger partial charge in [-0.15, -0.1) is 0 Å². The molecular formula is C17H25Cl2NO3. The summed E-state index contributed by atoms with van der Waals surface area (Å²) in [5.41, 5.74) is 0. The molecule has 0 N–H and O–H groups in total. The van der Waals surface area contributed by atoms with Crippen LogP contribution in [0.25, 0.3) is 0 Å². The van der Waals surface area contributed by atoms with E-state index in [2.05, 4.69) is 18.7 Å². The Hall–Kier alpha value is -0.970. The van der Waals surface area contributed by atoms with E-state index in [0.717, 1.165) is 32.5 Å². The van der Waals surface area contributed by atoms with Crippen molar-refractivity contribution in [2.24, 2.45) is 0 Å². The summed E-state index contributed by atoms with van der Waals surface area (Å²) in [6.45, 7) is 8.75. The Balaban J connectivity index is 2.40. The van der Waals surface area contributed by atoms with Crippen LogP contribution < -0.4 is 4.74 Å². The summed E-state index contributed by atoms with van der Waals surface area (Å²) in [5, 5.41) is 0.890. The van der Waals surface area contributed by atoms with Crippen molar-refractivity contribution in [1.82, 2.24) is 4.90 Å². The van der Waals surface area contributed by atoms with Crippen LogP contribution in [0.3, 0.4) is 0 Å². The van der Waals surface area contributed by atoms with E-state index in [1.54, 1.807) is 18.2 Å². The monoisotopic (exact) mass is 361 g/mol. The van der Waals surface area contributed by atoms with Gasteiger partial charge in [-0.3, -0.25) is 4.90 Å². The second kappa shape index (κ2) is 10.7. The highest BCUT2D eigenvalue weighted by atomic mass is 35.5. The molecule has 0 aromatic heterocycles. The first-order valence-electron chi connectivity index (χ1n) is 7.95. The maximum absolute atomic E-state index is 11.9. The molecule has 0 saturated heterocycles. The van der Waals surface area contributed by atoms with Crippen molar-refractivity contribution < 1.29 is 14.3 Å². The average Bonchev–Trinajstić information content (AvgIpc) is 2.46. The average molecular weight is 362 g/mol. The second-order valence-corrected chi connectivity index (χ2v) is 6.31. The predicted octanol–water partition coefficient (Wildman–Crippen LogP) is 4.43. The number of rotatable bonds is 10. The minimum absolute atomic E-state index is 0.173. The molecule has 23 heavy (non-hydrogen) atoms. The maximum Gasteiger partial charge on any atom is 0.344 e. The minimum Gasteiger partial charge on any atom is -0.480 e. The first-order valence-corrected chi connectivity index (χ1v) is 8.71. The molecule has 0 saturated carbocycles. The quantitative estimate of drug-likeness (QED) is 0.578. The van der Waals surface area contributed by atoms with Crippen LogP contribution in [0, 0.1) is 0 Å². The third-order valence-electron chi connectivity index (χ3n) is 3.17. The highest BCUT2D eigenvalue weighted by Crippen LogP contribution is 2.27. The zero-order chi connectivity index (χ0) is 17.2. The largest absolute Gasteiger partial charge is 0.480 e. The minimum atomic E-state index is -0.406. The lowest BCUT2D eigenvalue weighted by Crippen LogP contribution is -2.35. The molecule has 0 aliphatic carbocycles. The molecule has 130 valence electrons. The summed E-state index contributed by atoms with van der Waals surface area (Å²) in [7, 11) is 0. The van der Waals surface area contributed by atoms with Gasteiger partial charge in [-0.2, -0.15) is 0 Å². The van der Waals surface area contributed by atoms with Crippen molar-refractivity contribution in [3.8, 4) is 5.75 Å². The first kappa shape index (κ1) is 20.1. The van der Waals surface area contributed by atoms with Gasteiger partial charge in [0.15, 0.2) is 6.61 Å². The third kappa shape index (κ3) is 7.91. The van der Waals surface area contributed by atoms with Crippen LogP contribution in [0.2, 0.25) is 10.0 Å². The molecule has 4 nitrogen and oxygen atoms in total. The molecular weight excluding hydrogens is 337 g/mol. The number of benzene rings is 1. The van der Waals surface area contributed by atoms with E-state index in [9.17, 15) is 4.79 Å². The number of esters is 1. The van der Waals surface area contributed by atoms with Gasteiger partial charge in [0.25, 0.3) is 0 Å². The van der Waals surface area contributed by atoms with E-state index >= 15 is 0 Å². The Morgan fingerprint density at radius 2 is 1.87 bits per heavy atom. The molecule has 1 unspecified atom stereocenters. The first-order chi connectivity index (χ1) is 11.0. The Morgan fingerprint density at radius 1 is 1.22 bits per heavy atom. The Bertz CT molecular complexity index is 491. The standard InChI is InChI=1S/C17H25Cl2NO3/c1-4-8-20(9-5-2)11-13(3)23-17(21)12-22-16-7-6-14(18)10-15(16)19/h6-7,10,13H,4-5,8-9,11-12H2,1-3H3. The van der Waals surface area contributed by atoms with Gasteiger partial charge in [-0.25, -0.2) is 4.79 Å². The zero-order valence-corrected chi connectivity index (χ0v) is 15.5. The highest BCUT2D eigenvalue weighted by Gasteiger charge is 2.14. The maximum atomic E-state index is 11.9. The van der Waals surface area contributed by atoms with E-state index in [1.165, 1.54) is 0 Å². The number of halogens is 2. The van der Waals surface area contributed by atoms with Gasteiger partial charge in [-0.1, -0.05) is 37.0 Å². The van der Waals surface area contributed by atoms with Crippen molar-refractivity contribution in [3.63, 3.8) is 0 Å². The van der Waals surface area contributed by atoms with Gasteiger partial charge in [0.2, 0.25) is 0 Å². The van der Waals surface area contributed by atoms with Gasteiger partial charge in [0.1, 0.15) is 11.9 Å². The van der Waals surface area contributed by atoms with Gasteiger partial charge in [-0.05, 0) is 51.1 Å². The van der Waals surface area contributed by atoms with Crippen LogP contribution in [-0.4, -0.2) is 43.2 Å². The van der Waals surface area contributed by atoms with Crippen LogP contribution in [0.1, 0.15) is 33.6 Å². The number of hydrogen-bond donors (Lipinski definition) is 0. The molecule has 1 atom stereocenters. The van der Waals surface area contributed by atoms with E-state index in [0.29, 0.717) is 15.8 Å². The zero-order valence-electron chi connectivity index (χ0n) is 14.0. The molecule has 0 bridgehead atoms. The fourth-order valence-electron chi connectivity index (χ4n) is 2.32. The normalized spacial score (nSPS) is 12.3.